The minimum absolute atomic E-state index is 0.0588. The third-order valence-electron chi connectivity index (χ3n) is 3.11. The lowest BCUT2D eigenvalue weighted by atomic mass is 10.1. The molecule has 1 aromatic rings. The Morgan fingerprint density at radius 2 is 2.11 bits per heavy atom. The van der Waals surface area contributed by atoms with Crippen LogP contribution in [0.2, 0.25) is 5.02 Å². The molecule has 0 bridgehead atoms. The van der Waals surface area contributed by atoms with Crippen molar-refractivity contribution in [2.45, 2.75) is 25.3 Å². The zero-order chi connectivity index (χ0) is 14.0. The van der Waals surface area contributed by atoms with Crippen LogP contribution in [0.3, 0.4) is 0 Å². The van der Waals surface area contributed by atoms with Gasteiger partial charge in [0.2, 0.25) is 0 Å². The number of carbonyl (C=O) groups excluding carboxylic acids is 1. The molecule has 2 rings (SSSR count). The first-order valence-corrected chi connectivity index (χ1v) is 6.36. The van der Waals surface area contributed by atoms with E-state index < -0.39 is 17.9 Å². The molecule has 1 atom stereocenters. The van der Waals surface area contributed by atoms with E-state index in [1.807, 2.05) is 0 Å². The van der Waals surface area contributed by atoms with Crippen molar-refractivity contribution in [2.24, 2.45) is 5.92 Å². The average Bonchev–Trinajstić information content (AvgIpc) is 3.14. The first-order valence-electron chi connectivity index (χ1n) is 5.98. The number of phenolic OH excluding ortho intramolecular Hbond substituents is 1. The fraction of sp³-hybridized carbons (Fsp3) is 0.385. The molecule has 0 aliphatic heterocycles. The molecule has 1 unspecified atom stereocenters. The van der Waals surface area contributed by atoms with E-state index in [9.17, 15) is 14.7 Å². The van der Waals surface area contributed by atoms with Crippen LogP contribution in [0.5, 0.6) is 5.75 Å². The quantitative estimate of drug-likeness (QED) is 0.772. The number of benzene rings is 1. The highest BCUT2D eigenvalue weighted by Gasteiger charge is 2.34. The van der Waals surface area contributed by atoms with Gasteiger partial charge in [-0.1, -0.05) is 11.6 Å². The minimum atomic E-state index is -0.951. The molecule has 0 heterocycles. The predicted octanol–water partition coefficient (Wildman–Crippen LogP) is 2.03. The van der Waals surface area contributed by atoms with Gasteiger partial charge in [0.05, 0.1) is 12.0 Å². The first-order chi connectivity index (χ1) is 8.97. The zero-order valence-electron chi connectivity index (χ0n) is 10.1. The predicted molar refractivity (Wildman–Crippen MR) is 69.3 cm³/mol. The number of halogens is 1. The number of carbonyl (C=O) groups is 2. The summed E-state index contributed by atoms with van der Waals surface area (Å²) in [5.74, 6) is -1.42. The number of phenols is 1. The molecule has 0 radical (unpaired) electrons. The summed E-state index contributed by atoms with van der Waals surface area (Å²) in [6.45, 7) is 0. The molecular weight excluding hydrogens is 270 g/mol. The Hall–Kier alpha value is -1.75. The van der Waals surface area contributed by atoms with Gasteiger partial charge in [0.1, 0.15) is 5.75 Å². The van der Waals surface area contributed by atoms with E-state index in [1.54, 1.807) is 0 Å². The molecule has 0 aromatic heterocycles. The van der Waals surface area contributed by atoms with E-state index in [2.05, 4.69) is 5.32 Å². The summed E-state index contributed by atoms with van der Waals surface area (Å²) in [6.07, 6.45) is 1.72. The number of hydrogen-bond donors (Lipinski definition) is 3. The van der Waals surface area contributed by atoms with E-state index in [0.717, 1.165) is 12.8 Å². The summed E-state index contributed by atoms with van der Waals surface area (Å²) in [5, 5.41) is 21.4. The largest absolute Gasteiger partial charge is 0.507 e. The normalized spacial score (nSPS) is 15.8. The highest BCUT2D eigenvalue weighted by atomic mass is 35.5. The Morgan fingerprint density at radius 1 is 1.42 bits per heavy atom. The van der Waals surface area contributed by atoms with Crippen LogP contribution in [-0.2, 0) is 4.79 Å². The van der Waals surface area contributed by atoms with Crippen LogP contribution in [-0.4, -0.2) is 28.1 Å². The fourth-order valence-corrected chi connectivity index (χ4v) is 2.13. The van der Waals surface area contributed by atoms with Crippen LogP contribution >= 0.6 is 11.6 Å². The summed E-state index contributed by atoms with van der Waals surface area (Å²) >= 11 is 5.77. The monoisotopic (exact) mass is 283 g/mol. The number of aliphatic carboxylic acids is 1. The van der Waals surface area contributed by atoms with Gasteiger partial charge in [0, 0.05) is 11.1 Å². The van der Waals surface area contributed by atoms with Gasteiger partial charge in [-0.2, -0.15) is 0 Å². The second kappa shape index (κ2) is 5.48. The summed E-state index contributed by atoms with van der Waals surface area (Å²) in [7, 11) is 0. The molecule has 102 valence electrons. The van der Waals surface area contributed by atoms with E-state index in [1.165, 1.54) is 18.2 Å². The van der Waals surface area contributed by atoms with Crippen molar-refractivity contribution in [1.82, 2.24) is 5.32 Å². The van der Waals surface area contributed by atoms with E-state index >= 15 is 0 Å². The second-order valence-electron chi connectivity index (χ2n) is 4.68. The van der Waals surface area contributed by atoms with Crippen molar-refractivity contribution in [1.29, 1.82) is 0 Å². The zero-order valence-corrected chi connectivity index (χ0v) is 10.9. The Kier molecular flexibility index (Phi) is 3.95. The lowest BCUT2D eigenvalue weighted by Gasteiger charge is -2.16. The van der Waals surface area contributed by atoms with Crippen LogP contribution in [0.15, 0.2) is 18.2 Å². The molecule has 6 heteroatoms. The fourth-order valence-electron chi connectivity index (χ4n) is 1.96. The molecule has 1 saturated carbocycles. The smallest absolute Gasteiger partial charge is 0.305 e. The Labute approximate surface area is 115 Å². The van der Waals surface area contributed by atoms with Gasteiger partial charge in [-0.05, 0) is 37.0 Å². The van der Waals surface area contributed by atoms with Crippen molar-refractivity contribution in [3.8, 4) is 5.75 Å². The molecule has 1 aromatic carbocycles. The van der Waals surface area contributed by atoms with Crippen molar-refractivity contribution in [2.75, 3.05) is 0 Å². The maximum Gasteiger partial charge on any atom is 0.305 e. The SMILES string of the molecule is O=C(O)CC(NC(=O)c1cc(Cl)ccc1O)C1CC1. The molecule has 1 aliphatic rings. The molecule has 19 heavy (non-hydrogen) atoms. The number of rotatable bonds is 5. The molecular formula is C13H14ClNO4. The first kappa shape index (κ1) is 13.7. The highest BCUT2D eigenvalue weighted by molar-refractivity contribution is 6.31. The van der Waals surface area contributed by atoms with Crippen LogP contribution in [0.1, 0.15) is 29.6 Å². The number of aromatic hydroxyl groups is 1. The highest BCUT2D eigenvalue weighted by Crippen LogP contribution is 2.34. The summed E-state index contributed by atoms with van der Waals surface area (Å²) in [4.78, 5) is 22.8. The molecule has 0 saturated heterocycles. The van der Waals surface area contributed by atoms with Crippen molar-refractivity contribution >= 4 is 23.5 Å². The number of nitrogens with one attached hydrogen (secondary N) is 1. The van der Waals surface area contributed by atoms with Gasteiger partial charge in [-0.25, -0.2) is 0 Å². The van der Waals surface area contributed by atoms with Crippen LogP contribution < -0.4 is 5.32 Å². The van der Waals surface area contributed by atoms with Crippen LogP contribution in [0.4, 0.5) is 0 Å². The summed E-state index contributed by atoms with van der Waals surface area (Å²) in [5.41, 5.74) is 0.0588. The number of amides is 1. The molecule has 0 spiro atoms. The molecule has 1 amide bonds. The van der Waals surface area contributed by atoms with Crippen LogP contribution in [0, 0.1) is 5.92 Å². The third-order valence-corrected chi connectivity index (χ3v) is 3.34. The lowest BCUT2D eigenvalue weighted by Crippen LogP contribution is -2.38. The molecule has 1 fully saturated rings. The van der Waals surface area contributed by atoms with Crippen LogP contribution in [0.25, 0.3) is 0 Å². The lowest BCUT2D eigenvalue weighted by molar-refractivity contribution is -0.137. The van der Waals surface area contributed by atoms with Gasteiger partial charge < -0.3 is 15.5 Å². The Balaban J connectivity index is 2.10. The van der Waals surface area contributed by atoms with E-state index in [-0.39, 0.29) is 23.7 Å². The molecule has 3 N–H and O–H groups in total. The third kappa shape index (κ3) is 3.61. The number of hydrogen-bond acceptors (Lipinski definition) is 3. The minimum Gasteiger partial charge on any atom is -0.507 e. The van der Waals surface area contributed by atoms with Gasteiger partial charge in [0.15, 0.2) is 0 Å². The van der Waals surface area contributed by atoms with E-state index in [0.29, 0.717) is 5.02 Å². The molecule has 5 nitrogen and oxygen atoms in total. The number of carboxylic acids is 1. The Morgan fingerprint density at radius 3 is 2.68 bits per heavy atom. The van der Waals surface area contributed by atoms with Gasteiger partial charge in [-0.3, -0.25) is 9.59 Å². The molecule has 1 aliphatic carbocycles. The van der Waals surface area contributed by atoms with Crippen molar-refractivity contribution in [3.63, 3.8) is 0 Å². The average molecular weight is 284 g/mol. The van der Waals surface area contributed by atoms with Crippen molar-refractivity contribution < 1.29 is 19.8 Å². The standard InChI is InChI=1S/C13H14ClNO4/c14-8-3-4-11(16)9(5-8)13(19)15-10(6-12(17)18)7-1-2-7/h3-5,7,10,16H,1-2,6H2,(H,15,19)(H,17,18). The maximum absolute atomic E-state index is 12.0. The van der Waals surface area contributed by atoms with Crippen molar-refractivity contribution in [3.05, 3.63) is 28.8 Å². The second-order valence-corrected chi connectivity index (χ2v) is 5.11. The van der Waals surface area contributed by atoms with Gasteiger partial charge >= 0.3 is 5.97 Å². The van der Waals surface area contributed by atoms with E-state index in [4.69, 9.17) is 16.7 Å². The Bertz CT molecular complexity index is 513. The van der Waals surface area contributed by atoms with Gasteiger partial charge in [-0.15, -0.1) is 0 Å². The van der Waals surface area contributed by atoms with Gasteiger partial charge in [0.25, 0.3) is 5.91 Å². The number of carboxylic acid groups (broad SMARTS) is 1. The summed E-state index contributed by atoms with van der Waals surface area (Å²) in [6, 6.07) is 3.77. The maximum atomic E-state index is 12.0. The topological polar surface area (TPSA) is 86.6 Å². The summed E-state index contributed by atoms with van der Waals surface area (Å²) < 4.78 is 0.